The molecule has 0 aliphatic carbocycles. The van der Waals surface area contributed by atoms with Crippen LogP contribution in [0.2, 0.25) is 0 Å². The van der Waals surface area contributed by atoms with Crippen molar-refractivity contribution in [2.75, 3.05) is 38.0 Å². The third-order valence-electron chi connectivity index (χ3n) is 5.03. The van der Waals surface area contributed by atoms with E-state index in [9.17, 15) is 0 Å². The molecule has 1 atom stereocenters. The summed E-state index contributed by atoms with van der Waals surface area (Å²) in [6, 6.07) is 33.8. The molecule has 0 aliphatic rings. The Kier molecular flexibility index (Phi) is 24.3. The molecule has 3 aromatic rings. The first-order valence-corrected chi connectivity index (χ1v) is 16.8. The summed E-state index contributed by atoms with van der Waals surface area (Å²) in [5.41, 5.74) is 0. The maximum atomic E-state index is 7.50. The molecule has 3 rings (SSSR count). The van der Waals surface area contributed by atoms with E-state index in [0.717, 1.165) is 0 Å². The van der Waals surface area contributed by atoms with Gasteiger partial charge in [0.2, 0.25) is 0 Å². The minimum absolute atomic E-state index is 0. The van der Waals surface area contributed by atoms with E-state index >= 15 is 0 Å². The van der Waals surface area contributed by atoms with Crippen LogP contribution in [0.4, 0.5) is 0 Å². The molecular formula is C27H32MoO3P3+6. The molecule has 34 heavy (non-hydrogen) atoms. The molecule has 3 nitrogen and oxygen atoms in total. The van der Waals surface area contributed by atoms with E-state index in [1.165, 1.54) is 24.6 Å². The monoisotopic (exact) mass is 595 g/mol. The van der Waals surface area contributed by atoms with Crippen LogP contribution in [0, 0.1) is 20.0 Å². The molecule has 0 heterocycles. The normalized spacial score (nSPS) is 10.1. The van der Waals surface area contributed by atoms with Crippen molar-refractivity contribution in [3.05, 3.63) is 111 Å². The second-order valence-electron chi connectivity index (χ2n) is 7.39. The van der Waals surface area contributed by atoms with E-state index in [4.69, 9.17) is 14.0 Å². The van der Waals surface area contributed by atoms with Crippen molar-refractivity contribution in [3.8, 4) is 0 Å². The Morgan fingerprint density at radius 2 is 0.824 bits per heavy atom. The molecule has 0 aliphatic heterocycles. The Hall–Kier alpha value is -1.14. The Morgan fingerprint density at radius 3 is 1.18 bits per heavy atom. The van der Waals surface area contributed by atoms with Gasteiger partial charge in [-0.15, -0.1) is 0 Å². The number of hydrogen-bond donors (Lipinski definition) is 0. The first kappa shape index (κ1) is 35.0. The van der Waals surface area contributed by atoms with E-state index in [-0.39, 0.29) is 29.0 Å². The van der Waals surface area contributed by atoms with E-state index in [1.807, 2.05) is 0 Å². The van der Waals surface area contributed by atoms with E-state index in [0.29, 0.717) is 0 Å². The molecule has 173 valence electrons. The maximum Gasteiger partial charge on any atom is 3.00 e. The molecule has 1 unspecified atom stereocenters. The minimum Gasteiger partial charge on any atom is 3.00 e. The predicted molar refractivity (Wildman–Crippen MR) is 146 cm³/mol. The Balaban J connectivity index is 0. The Labute approximate surface area is 222 Å². The van der Waals surface area contributed by atoms with Crippen LogP contribution in [0.5, 0.6) is 0 Å². The smallest absolute Gasteiger partial charge is 3.00 e. The van der Waals surface area contributed by atoms with Gasteiger partial charge in [-0.2, -0.15) is 0 Å². The van der Waals surface area contributed by atoms with E-state index in [1.54, 1.807) is 15.9 Å². The molecule has 0 bridgehead atoms. The van der Waals surface area contributed by atoms with Crippen LogP contribution in [0.15, 0.2) is 91.0 Å². The van der Waals surface area contributed by atoms with Gasteiger partial charge in [0.05, 0.1) is 42.3 Å². The Morgan fingerprint density at radius 1 is 0.500 bits per heavy atom. The minimum atomic E-state index is -0.706. The summed E-state index contributed by atoms with van der Waals surface area (Å²) in [4.78, 5) is 0. The van der Waals surface area contributed by atoms with Gasteiger partial charge >= 0.3 is 55.0 Å². The van der Waals surface area contributed by atoms with Gasteiger partial charge in [0.25, 0.3) is 0 Å². The second-order valence-corrected chi connectivity index (χ2v) is 15.7. The van der Waals surface area contributed by atoms with E-state index < -0.39 is 15.8 Å². The van der Waals surface area contributed by atoms with E-state index in [2.05, 4.69) is 124 Å². The van der Waals surface area contributed by atoms with Crippen LogP contribution >= 0.6 is 23.8 Å². The molecule has 0 fully saturated rings. The molecule has 7 heteroatoms. The summed E-state index contributed by atoms with van der Waals surface area (Å²) in [5, 5.41) is 4.74. The van der Waals surface area contributed by atoms with Gasteiger partial charge < -0.3 is 0 Å². The zero-order chi connectivity index (χ0) is 24.9. The van der Waals surface area contributed by atoms with Gasteiger partial charge in [-0.25, -0.2) is 0 Å². The molecule has 0 saturated carbocycles. The van der Waals surface area contributed by atoms with Crippen LogP contribution in [0.1, 0.15) is 0 Å². The fraction of sp³-hybridized carbons (Fsp3) is 0.222. The largest absolute Gasteiger partial charge is 3.00 e. The number of hydrogen-bond acceptors (Lipinski definition) is 0. The molecular weight excluding hydrogens is 561 g/mol. The van der Waals surface area contributed by atoms with Gasteiger partial charge in [-0.3, -0.25) is 0 Å². The van der Waals surface area contributed by atoms with Gasteiger partial charge in [0, 0.05) is 21.3 Å². The van der Waals surface area contributed by atoms with Crippen molar-refractivity contribution in [3.63, 3.8) is 0 Å². The number of rotatable bonds is 9. The van der Waals surface area contributed by atoms with Crippen molar-refractivity contribution < 1.29 is 35.0 Å². The fourth-order valence-electron chi connectivity index (χ4n) is 3.50. The first-order chi connectivity index (χ1) is 16.2. The first-order valence-electron chi connectivity index (χ1n) is 10.5. The van der Waals surface area contributed by atoms with Crippen LogP contribution in [-0.2, 0) is 35.0 Å². The maximum absolute atomic E-state index is 7.50. The third kappa shape index (κ3) is 13.7. The van der Waals surface area contributed by atoms with Crippen molar-refractivity contribution in [2.24, 2.45) is 0 Å². The SMILES string of the molecule is C[PH+](C)CC[PH+](CC[PH+](c1ccccc1)c1ccccc1)c1ccccc1.[C-]#[O+].[C-]#[O+].[C-]#[O+].[Mo+3]. The zero-order valence-corrected chi connectivity index (χ0v) is 24.6. The van der Waals surface area contributed by atoms with Crippen LogP contribution in [-0.4, -0.2) is 38.0 Å². The van der Waals surface area contributed by atoms with Crippen LogP contribution in [0.3, 0.4) is 0 Å². The summed E-state index contributed by atoms with van der Waals surface area (Å²) in [6.07, 6.45) is 5.63. The summed E-state index contributed by atoms with van der Waals surface area (Å²) in [7, 11) is -1.33. The summed E-state index contributed by atoms with van der Waals surface area (Å²) < 4.78 is 22.5. The van der Waals surface area contributed by atoms with Gasteiger partial charge in [-0.1, -0.05) is 54.6 Å². The molecule has 0 spiro atoms. The molecule has 0 amide bonds. The van der Waals surface area contributed by atoms with Crippen molar-refractivity contribution in [1.82, 2.24) is 0 Å². The predicted octanol–water partition coefficient (Wildman–Crippen LogP) is 4.75. The van der Waals surface area contributed by atoms with Crippen LogP contribution < -0.4 is 15.9 Å². The van der Waals surface area contributed by atoms with Crippen molar-refractivity contribution in [2.45, 2.75) is 0 Å². The van der Waals surface area contributed by atoms with Crippen molar-refractivity contribution in [1.29, 1.82) is 0 Å². The van der Waals surface area contributed by atoms with Gasteiger partial charge in [-0.05, 0) is 44.3 Å². The van der Waals surface area contributed by atoms with Gasteiger partial charge in [0.1, 0.15) is 6.16 Å². The average Bonchev–Trinajstić information content (AvgIpc) is 2.91. The molecule has 0 aromatic heterocycles. The van der Waals surface area contributed by atoms with Crippen LogP contribution in [0.25, 0.3) is 0 Å². The topological polar surface area (TPSA) is 59.7 Å². The summed E-state index contributed by atoms with van der Waals surface area (Å²) in [6.45, 7) is 18.4. The Bertz CT molecular complexity index is 864. The fourth-order valence-corrected chi connectivity index (χ4v) is 12.5. The summed E-state index contributed by atoms with van der Waals surface area (Å²) in [5.74, 6) is 0. The number of benzene rings is 3. The standard InChI is InChI=1S/C24H29P3.3CO.Mo/c1-25(2)18-19-26(22-12-6-3-7-13-22)20-21-27(23-14-8-4-9-15-23)24-16-10-5-11-17-24;3*1-2;/h3-17H,18-21H2,1-2H3;;;;/q;;;;+3/p+3. The molecule has 0 saturated heterocycles. The molecule has 3 aromatic carbocycles. The summed E-state index contributed by atoms with van der Waals surface area (Å²) >= 11 is 0. The van der Waals surface area contributed by atoms with Crippen molar-refractivity contribution >= 4 is 39.7 Å². The average molecular weight is 593 g/mol. The molecule has 1 radical (unpaired) electrons. The zero-order valence-electron chi connectivity index (χ0n) is 19.6. The second kappa shape index (κ2) is 23.6. The van der Waals surface area contributed by atoms with Gasteiger partial charge in [0.15, 0.2) is 0 Å². The molecule has 0 N–H and O–H groups in total. The quantitative estimate of drug-likeness (QED) is 0.149. The third-order valence-corrected chi connectivity index (χ3v) is 12.9.